The van der Waals surface area contributed by atoms with E-state index in [-0.39, 0.29) is 11.6 Å². The van der Waals surface area contributed by atoms with Crippen LogP contribution in [0.2, 0.25) is 0 Å². The van der Waals surface area contributed by atoms with Crippen LogP contribution in [-0.2, 0) is 19.1 Å². The van der Waals surface area contributed by atoms with Gasteiger partial charge in [0.15, 0.2) is 6.10 Å². The zero-order valence-electron chi connectivity index (χ0n) is 14.6. The van der Waals surface area contributed by atoms with Crippen LogP contribution in [0.3, 0.4) is 0 Å². The molecule has 1 aromatic rings. The molecule has 0 unspecified atom stereocenters. The summed E-state index contributed by atoms with van der Waals surface area (Å²) in [7, 11) is 1.63. The molecule has 7 nitrogen and oxygen atoms in total. The molecule has 130 valence electrons. The molecule has 7 heteroatoms. The summed E-state index contributed by atoms with van der Waals surface area (Å²) >= 11 is 0. The SMILES string of the molecule is COC[C@@H](C)n1c(C)cc(/C=C(\C#N)C(=O)O[C@@H](C)C(N)=O)c1C. The minimum Gasteiger partial charge on any atom is -0.448 e. The van der Waals surface area contributed by atoms with Crippen molar-refractivity contribution in [2.45, 2.75) is 39.8 Å². The monoisotopic (exact) mass is 333 g/mol. The molecule has 2 N–H and O–H groups in total. The molecule has 1 rings (SSSR count). The van der Waals surface area contributed by atoms with Crippen molar-refractivity contribution in [2.24, 2.45) is 5.73 Å². The number of carbonyl (C=O) groups is 2. The number of aromatic nitrogens is 1. The molecule has 0 saturated carbocycles. The topological polar surface area (TPSA) is 107 Å². The van der Waals surface area contributed by atoms with Gasteiger partial charge in [-0.05, 0) is 45.4 Å². The predicted molar refractivity (Wildman–Crippen MR) is 88.8 cm³/mol. The number of hydrogen-bond acceptors (Lipinski definition) is 5. The fourth-order valence-electron chi connectivity index (χ4n) is 2.52. The Balaban J connectivity index is 3.14. The molecule has 0 spiro atoms. The van der Waals surface area contributed by atoms with Crippen LogP contribution < -0.4 is 5.73 Å². The molecular weight excluding hydrogens is 310 g/mol. The Labute approximate surface area is 141 Å². The van der Waals surface area contributed by atoms with Crippen LogP contribution in [0.1, 0.15) is 36.8 Å². The standard InChI is InChI=1S/C17H23N3O4/c1-10-6-14(12(3)20(10)11(2)9-23-5)7-15(8-18)17(22)24-13(4)16(19)21/h6-7,11,13H,9H2,1-5H3,(H2,19,21)/b15-7+/t11-,13+/m1/s1. The van der Waals surface area contributed by atoms with Crippen molar-refractivity contribution in [1.82, 2.24) is 4.57 Å². The summed E-state index contributed by atoms with van der Waals surface area (Å²) in [6.07, 6.45) is 0.359. The van der Waals surface area contributed by atoms with Gasteiger partial charge in [0, 0.05) is 18.5 Å². The van der Waals surface area contributed by atoms with Crippen LogP contribution in [-0.4, -0.2) is 36.3 Å². The van der Waals surface area contributed by atoms with E-state index in [0.29, 0.717) is 6.61 Å². The highest BCUT2D eigenvalue weighted by Gasteiger charge is 2.20. The van der Waals surface area contributed by atoms with Crippen LogP contribution in [0.25, 0.3) is 6.08 Å². The van der Waals surface area contributed by atoms with Gasteiger partial charge >= 0.3 is 5.97 Å². The van der Waals surface area contributed by atoms with E-state index in [1.54, 1.807) is 13.2 Å². The van der Waals surface area contributed by atoms with E-state index in [2.05, 4.69) is 4.57 Å². The van der Waals surface area contributed by atoms with Gasteiger partial charge in [-0.3, -0.25) is 4.79 Å². The number of nitrogens with two attached hydrogens (primary N) is 1. The van der Waals surface area contributed by atoms with E-state index in [0.717, 1.165) is 17.0 Å². The molecule has 2 atom stereocenters. The Morgan fingerprint density at radius 1 is 1.42 bits per heavy atom. The molecule has 0 aromatic carbocycles. The number of hydrogen-bond donors (Lipinski definition) is 1. The number of aryl methyl sites for hydroxylation is 1. The average molecular weight is 333 g/mol. The van der Waals surface area contributed by atoms with Gasteiger partial charge in [0.2, 0.25) is 0 Å². The maximum absolute atomic E-state index is 12.0. The first-order valence-electron chi connectivity index (χ1n) is 7.52. The Morgan fingerprint density at radius 3 is 2.54 bits per heavy atom. The number of carbonyl (C=O) groups excluding carboxylic acids is 2. The van der Waals surface area contributed by atoms with Gasteiger partial charge < -0.3 is 19.8 Å². The third kappa shape index (κ3) is 4.46. The summed E-state index contributed by atoms with van der Waals surface area (Å²) in [5.74, 6) is -1.65. The minimum absolute atomic E-state index is 0.115. The molecule has 0 aliphatic heterocycles. The lowest BCUT2D eigenvalue weighted by Gasteiger charge is -2.17. The zero-order chi connectivity index (χ0) is 18.4. The first-order chi connectivity index (χ1) is 11.2. The number of methoxy groups -OCH3 is 1. The zero-order valence-corrected chi connectivity index (χ0v) is 14.6. The summed E-state index contributed by atoms with van der Waals surface area (Å²) < 4.78 is 12.1. The average Bonchev–Trinajstić information content (AvgIpc) is 2.78. The van der Waals surface area contributed by atoms with Crippen LogP contribution in [0.5, 0.6) is 0 Å². The van der Waals surface area contributed by atoms with Crippen LogP contribution in [0.4, 0.5) is 0 Å². The fraction of sp³-hybridized carbons (Fsp3) is 0.471. The van der Waals surface area contributed by atoms with E-state index in [1.165, 1.54) is 13.0 Å². The van der Waals surface area contributed by atoms with Crippen molar-refractivity contribution in [2.75, 3.05) is 13.7 Å². The summed E-state index contributed by atoms with van der Waals surface area (Å²) in [5.41, 5.74) is 7.48. The van der Waals surface area contributed by atoms with Crippen molar-refractivity contribution >= 4 is 18.0 Å². The predicted octanol–water partition coefficient (Wildman–Crippen LogP) is 1.64. The maximum Gasteiger partial charge on any atom is 0.349 e. The Morgan fingerprint density at radius 2 is 2.04 bits per heavy atom. The van der Waals surface area contributed by atoms with Gasteiger partial charge in [-0.1, -0.05) is 0 Å². The van der Waals surface area contributed by atoms with Gasteiger partial charge in [0.1, 0.15) is 11.6 Å². The van der Waals surface area contributed by atoms with Crippen molar-refractivity contribution in [3.8, 4) is 6.07 Å². The summed E-state index contributed by atoms with van der Waals surface area (Å²) in [5, 5.41) is 9.21. The van der Waals surface area contributed by atoms with Gasteiger partial charge in [-0.25, -0.2) is 4.79 Å². The third-order valence-corrected chi connectivity index (χ3v) is 3.70. The Kier molecular flexibility index (Phi) is 6.74. The van der Waals surface area contributed by atoms with Gasteiger partial charge in [-0.15, -0.1) is 0 Å². The molecule has 0 bridgehead atoms. The lowest BCUT2D eigenvalue weighted by molar-refractivity contribution is -0.149. The second-order valence-electron chi connectivity index (χ2n) is 5.62. The van der Waals surface area contributed by atoms with E-state index in [1.807, 2.05) is 26.8 Å². The quantitative estimate of drug-likeness (QED) is 0.463. The van der Waals surface area contributed by atoms with Gasteiger partial charge in [0.25, 0.3) is 5.91 Å². The summed E-state index contributed by atoms with van der Waals surface area (Å²) in [6.45, 7) is 7.76. The minimum atomic E-state index is -1.09. The number of amides is 1. The van der Waals surface area contributed by atoms with Crippen molar-refractivity contribution < 1.29 is 19.1 Å². The van der Waals surface area contributed by atoms with Crippen LogP contribution in [0, 0.1) is 25.2 Å². The highest BCUT2D eigenvalue weighted by molar-refractivity contribution is 5.99. The van der Waals surface area contributed by atoms with E-state index in [9.17, 15) is 14.9 Å². The van der Waals surface area contributed by atoms with Crippen LogP contribution >= 0.6 is 0 Å². The largest absolute Gasteiger partial charge is 0.448 e. The Bertz CT molecular complexity index is 697. The molecule has 1 amide bonds. The van der Waals surface area contributed by atoms with Gasteiger partial charge in [0.05, 0.1) is 12.6 Å². The number of primary amides is 1. The molecule has 1 heterocycles. The fourth-order valence-corrected chi connectivity index (χ4v) is 2.52. The molecule has 0 radical (unpaired) electrons. The number of nitriles is 1. The first-order valence-corrected chi connectivity index (χ1v) is 7.52. The first kappa shape index (κ1) is 19.5. The molecular formula is C17H23N3O4. The summed E-state index contributed by atoms with van der Waals surface area (Å²) in [6, 6.07) is 3.80. The maximum atomic E-state index is 12.0. The molecule has 0 aliphatic carbocycles. The molecule has 0 fully saturated rings. The van der Waals surface area contributed by atoms with E-state index in [4.69, 9.17) is 15.2 Å². The smallest absolute Gasteiger partial charge is 0.349 e. The van der Waals surface area contributed by atoms with Crippen LogP contribution in [0.15, 0.2) is 11.6 Å². The number of rotatable bonds is 7. The normalized spacial score (nSPS) is 13.9. The van der Waals surface area contributed by atoms with Gasteiger partial charge in [-0.2, -0.15) is 5.26 Å². The number of ether oxygens (including phenoxy) is 2. The Hall–Kier alpha value is -2.59. The second kappa shape index (κ2) is 8.31. The van der Waals surface area contributed by atoms with E-state index < -0.39 is 18.0 Å². The third-order valence-electron chi connectivity index (χ3n) is 3.70. The van der Waals surface area contributed by atoms with E-state index >= 15 is 0 Å². The lowest BCUT2D eigenvalue weighted by Crippen LogP contribution is -2.30. The highest BCUT2D eigenvalue weighted by atomic mass is 16.5. The summed E-state index contributed by atoms with van der Waals surface area (Å²) in [4.78, 5) is 23.0. The highest BCUT2D eigenvalue weighted by Crippen LogP contribution is 2.23. The molecule has 1 aromatic heterocycles. The van der Waals surface area contributed by atoms with Crippen molar-refractivity contribution in [3.63, 3.8) is 0 Å². The molecule has 0 aliphatic rings. The molecule has 24 heavy (non-hydrogen) atoms. The van der Waals surface area contributed by atoms with Crippen molar-refractivity contribution in [1.29, 1.82) is 5.26 Å². The molecule has 0 saturated heterocycles. The second-order valence-corrected chi connectivity index (χ2v) is 5.62. The number of nitrogens with zero attached hydrogens (tertiary/aromatic N) is 2. The lowest BCUT2D eigenvalue weighted by atomic mass is 10.1. The number of esters is 1. The van der Waals surface area contributed by atoms with Crippen molar-refractivity contribution in [3.05, 3.63) is 28.6 Å².